The van der Waals surface area contributed by atoms with Gasteiger partial charge in [-0.3, -0.25) is 18.6 Å². The molecule has 1 N–H and O–H groups in total. The predicted octanol–water partition coefficient (Wildman–Crippen LogP) is 7.34. The summed E-state index contributed by atoms with van der Waals surface area (Å²) in [6, 6.07) is 0. The topological polar surface area (TPSA) is 108 Å². The molecule has 0 bridgehead atoms. The van der Waals surface area contributed by atoms with Gasteiger partial charge in [-0.05, 0) is 12.8 Å². The lowest BCUT2D eigenvalue weighted by atomic mass is 10.1. The molecule has 10 heteroatoms. The molecule has 40 heavy (non-hydrogen) atoms. The Morgan fingerprint density at radius 2 is 1.12 bits per heavy atom. The first-order chi connectivity index (χ1) is 19.0. The van der Waals surface area contributed by atoms with Crippen LogP contribution in [0.4, 0.5) is 0 Å². The van der Waals surface area contributed by atoms with Gasteiger partial charge in [0, 0.05) is 12.8 Å². The van der Waals surface area contributed by atoms with Crippen LogP contribution in [0.2, 0.25) is 0 Å². The van der Waals surface area contributed by atoms with E-state index in [1.807, 2.05) is 21.1 Å². The molecule has 0 aromatic carbocycles. The zero-order valence-corrected chi connectivity index (χ0v) is 27.2. The summed E-state index contributed by atoms with van der Waals surface area (Å²) in [6.07, 6.45) is 17.5. The second-order valence-corrected chi connectivity index (χ2v) is 13.3. The second-order valence-electron chi connectivity index (χ2n) is 11.9. The zero-order chi connectivity index (χ0) is 30.1. The zero-order valence-electron chi connectivity index (χ0n) is 26.3. The van der Waals surface area contributed by atoms with Crippen LogP contribution in [-0.4, -0.2) is 74.9 Å². The number of ether oxygens (including phenoxy) is 2. The van der Waals surface area contributed by atoms with E-state index >= 15 is 0 Å². The van der Waals surface area contributed by atoms with Gasteiger partial charge in [0.25, 0.3) is 0 Å². The van der Waals surface area contributed by atoms with Crippen LogP contribution in [0.3, 0.4) is 0 Å². The summed E-state index contributed by atoms with van der Waals surface area (Å²) in [5.74, 6) is -0.809. The Morgan fingerprint density at radius 3 is 1.60 bits per heavy atom. The summed E-state index contributed by atoms with van der Waals surface area (Å²) < 4.78 is 33.8. The van der Waals surface area contributed by atoms with E-state index in [9.17, 15) is 19.0 Å². The first kappa shape index (κ1) is 39.0. The van der Waals surface area contributed by atoms with Crippen molar-refractivity contribution in [3.8, 4) is 0 Å². The lowest BCUT2D eigenvalue weighted by Crippen LogP contribution is -2.37. The van der Waals surface area contributed by atoms with Gasteiger partial charge in [0.1, 0.15) is 19.8 Å². The van der Waals surface area contributed by atoms with E-state index in [-0.39, 0.29) is 25.6 Å². The molecule has 0 spiro atoms. The van der Waals surface area contributed by atoms with E-state index < -0.39 is 26.5 Å². The van der Waals surface area contributed by atoms with Crippen molar-refractivity contribution in [2.24, 2.45) is 0 Å². The number of esters is 2. The summed E-state index contributed by atoms with van der Waals surface area (Å²) in [7, 11) is 1.48. The molecule has 0 amide bonds. The van der Waals surface area contributed by atoms with Crippen molar-refractivity contribution >= 4 is 19.8 Å². The maximum atomic E-state index is 12.4. The standard InChI is InChI=1S/C30H60NO8P/c1-6-8-10-12-14-15-16-17-19-20-22-29(32)36-26-28(39-30(33)23-21-18-13-11-9-7-2)27-38-40(34,35)37-25-24-31(3,4)5/h28H,6-27H2,1-5H3/p+1. The minimum atomic E-state index is -4.34. The van der Waals surface area contributed by atoms with Crippen LogP contribution in [0.15, 0.2) is 0 Å². The highest BCUT2D eigenvalue weighted by atomic mass is 31.2. The van der Waals surface area contributed by atoms with Crippen LogP contribution in [0.5, 0.6) is 0 Å². The van der Waals surface area contributed by atoms with Crippen LogP contribution < -0.4 is 0 Å². The van der Waals surface area contributed by atoms with Gasteiger partial charge in [-0.15, -0.1) is 0 Å². The minimum Gasteiger partial charge on any atom is -0.462 e. The van der Waals surface area contributed by atoms with Gasteiger partial charge in [-0.1, -0.05) is 104 Å². The Hall–Kier alpha value is -0.990. The van der Waals surface area contributed by atoms with Gasteiger partial charge in [0.2, 0.25) is 0 Å². The Morgan fingerprint density at radius 1 is 0.675 bits per heavy atom. The molecular weight excluding hydrogens is 533 g/mol. The van der Waals surface area contributed by atoms with Crippen LogP contribution in [0, 0.1) is 0 Å². The molecule has 0 heterocycles. The number of likely N-dealkylation sites (N-methyl/N-ethyl adjacent to an activating group) is 1. The Labute approximate surface area is 244 Å². The monoisotopic (exact) mass is 594 g/mol. The van der Waals surface area contributed by atoms with Crippen molar-refractivity contribution in [3.05, 3.63) is 0 Å². The normalized spacial score (nSPS) is 14.1. The first-order valence-corrected chi connectivity index (χ1v) is 17.3. The summed E-state index contributed by atoms with van der Waals surface area (Å²) in [6.45, 7) is 4.31. The van der Waals surface area contributed by atoms with E-state index in [0.717, 1.165) is 44.9 Å². The quantitative estimate of drug-likeness (QED) is 0.0434. The van der Waals surface area contributed by atoms with Crippen molar-refractivity contribution in [2.45, 2.75) is 136 Å². The molecule has 0 fully saturated rings. The molecule has 0 saturated carbocycles. The lowest BCUT2D eigenvalue weighted by molar-refractivity contribution is -0.870. The van der Waals surface area contributed by atoms with Gasteiger partial charge < -0.3 is 18.9 Å². The van der Waals surface area contributed by atoms with Crippen molar-refractivity contribution in [3.63, 3.8) is 0 Å². The van der Waals surface area contributed by atoms with Crippen LogP contribution in [-0.2, 0) is 32.7 Å². The number of phosphoric ester groups is 1. The van der Waals surface area contributed by atoms with Gasteiger partial charge in [-0.25, -0.2) is 4.57 Å². The summed E-state index contributed by atoms with van der Waals surface area (Å²) in [4.78, 5) is 34.7. The average Bonchev–Trinajstić information content (AvgIpc) is 2.88. The largest absolute Gasteiger partial charge is 0.472 e. The Balaban J connectivity index is 4.49. The number of unbranched alkanes of at least 4 members (excludes halogenated alkanes) is 14. The van der Waals surface area contributed by atoms with Crippen LogP contribution >= 0.6 is 7.82 Å². The van der Waals surface area contributed by atoms with E-state index in [1.165, 1.54) is 51.4 Å². The number of hydrogen-bond donors (Lipinski definition) is 1. The molecule has 0 aromatic rings. The average molecular weight is 595 g/mol. The number of rotatable bonds is 28. The molecule has 238 valence electrons. The molecule has 0 aliphatic rings. The molecule has 2 unspecified atom stereocenters. The Bertz CT molecular complexity index is 683. The van der Waals surface area contributed by atoms with Gasteiger partial charge >= 0.3 is 19.8 Å². The van der Waals surface area contributed by atoms with Crippen molar-refractivity contribution in [1.82, 2.24) is 0 Å². The Kier molecular flexibility index (Phi) is 24.0. The van der Waals surface area contributed by atoms with E-state index in [2.05, 4.69) is 13.8 Å². The molecule has 0 rings (SSSR count). The van der Waals surface area contributed by atoms with E-state index in [1.54, 1.807) is 0 Å². The number of carbonyl (C=O) groups excluding carboxylic acids is 2. The van der Waals surface area contributed by atoms with Crippen molar-refractivity contribution in [1.29, 1.82) is 0 Å². The predicted molar refractivity (Wildman–Crippen MR) is 160 cm³/mol. The third kappa shape index (κ3) is 27.2. The number of nitrogens with zero attached hydrogens (tertiary/aromatic N) is 1. The molecule has 2 atom stereocenters. The van der Waals surface area contributed by atoms with Crippen molar-refractivity contribution in [2.75, 3.05) is 47.5 Å². The maximum absolute atomic E-state index is 12.4. The number of phosphoric acid groups is 1. The molecule has 0 aromatic heterocycles. The molecule has 0 aliphatic carbocycles. The van der Waals surface area contributed by atoms with E-state index in [0.29, 0.717) is 23.9 Å². The fraction of sp³-hybridized carbons (Fsp3) is 0.933. The number of hydrogen-bond acceptors (Lipinski definition) is 7. The molecule has 0 saturated heterocycles. The van der Waals surface area contributed by atoms with E-state index in [4.69, 9.17) is 18.5 Å². The fourth-order valence-electron chi connectivity index (χ4n) is 4.07. The molecule has 9 nitrogen and oxygen atoms in total. The smallest absolute Gasteiger partial charge is 0.462 e. The summed E-state index contributed by atoms with van der Waals surface area (Å²) in [5.41, 5.74) is 0. The van der Waals surface area contributed by atoms with Crippen LogP contribution in [0.25, 0.3) is 0 Å². The first-order valence-electron chi connectivity index (χ1n) is 15.8. The number of carbonyl (C=O) groups is 2. The fourth-order valence-corrected chi connectivity index (χ4v) is 4.81. The third-order valence-electron chi connectivity index (χ3n) is 6.64. The number of quaternary nitrogens is 1. The van der Waals surface area contributed by atoms with Gasteiger partial charge in [0.15, 0.2) is 6.10 Å². The lowest BCUT2D eigenvalue weighted by Gasteiger charge is -2.24. The third-order valence-corrected chi connectivity index (χ3v) is 7.62. The van der Waals surface area contributed by atoms with Gasteiger partial charge in [0.05, 0.1) is 27.7 Å². The molecule has 0 radical (unpaired) electrons. The van der Waals surface area contributed by atoms with Crippen LogP contribution in [0.1, 0.15) is 129 Å². The second kappa shape index (κ2) is 24.6. The summed E-state index contributed by atoms with van der Waals surface area (Å²) >= 11 is 0. The highest BCUT2D eigenvalue weighted by molar-refractivity contribution is 7.47. The highest BCUT2D eigenvalue weighted by Gasteiger charge is 2.27. The summed E-state index contributed by atoms with van der Waals surface area (Å²) in [5, 5.41) is 0. The minimum absolute atomic E-state index is 0.0353. The molecular formula is C30H61NO8P+. The maximum Gasteiger partial charge on any atom is 0.472 e. The SMILES string of the molecule is CCCCCCCCCCCCC(=O)OCC(COP(=O)(O)OCC[N+](C)(C)C)OC(=O)CCCCCCCC. The highest BCUT2D eigenvalue weighted by Crippen LogP contribution is 2.43. The van der Waals surface area contributed by atoms with Crippen molar-refractivity contribution < 1.29 is 42.1 Å². The molecule has 0 aliphatic heterocycles. The van der Waals surface area contributed by atoms with Gasteiger partial charge in [-0.2, -0.15) is 0 Å².